The van der Waals surface area contributed by atoms with Gasteiger partial charge in [0.15, 0.2) is 0 Å². The van der Waals surface area contributed by atoms with Crippen LogP contribution in [0.15, 0.2) is 18.2 Å². The molecule has 0 saturated carbocycles. The molecule has 1 aliphatic heterocycles. The molecular weight excluding hydrogens is 242 g/mol. The number of nitro benzene ring substituents is 1. The maximum Gasteiger partial charge on any atom is 0.273 e. The molecule has 0 aromatic heterocycles. The van der Waals surface area contributed by atoms with Gasteiger partial charge in [0, 0.05) is 42.3 Å². The molecular formula is C11H14ClN3O2. The molecule has 2 rings (SSSR count). The SMILES string of the molecule is NC1CCN(Cc2cc(Cl)ccc2[N+](=O)[O-])C1. The molecule has 1 fully saturated rings. The minimum absolute atomic E-state index is 0.120. The number of halogens is 1. The number of benzene rings is 1. The lowest BCUT2D eigenvalue weighted by atomic mass is 10.1. The molecule has 1 unspecified atom stereocenters. The zero-order valence-corrected chi connectivity index (χ0v) is 10.1. The van der Waals surface area contributed by atoms with Gasteiger partial charge in [-0.15, -0.1) is 0 Å². The first-order valence-corrected chi connectivity index (χ1v) is 5.85. The Kier molecular flexibility index (Phi) is 3.61. The van der Waals surface area contributed by atoms with Crippen molar-refractivity contribution in [1.29, 1.82) is 0 Å². The lowest BCUT2D eigenvalue weighted by Gasteiger charge is -2.15. The van der Waals surface area contributed by atoms with Crippen molar-refractivity contribution in [2.75, 3.05) is 13.1 Å². The minimum Gasteiger partial charge on any atom is -0.326 e. The number of hydrogen-bond donors (Lipinski definition) is 1. The lowest BCUT2D eigenvalue weighted by molar-refractivity contribution is -0.385. The Bertz CT molecular complexity index is 439. The summed E-state index contributed by atoms with van der Waals surface area (Å²) >= 11 is 5.87. The van der Waals surface area contributed by atoms with Crippen LogP contribution in [0.2, 0.25) is 5.02 Å². The first kappa shape index (κ1) is 12.3. The monoisotopic (exact) mass is 255 g/mol. The Morgan fingerprint density at radius 2 is 2.35 bits per heavy atom. The summed E-state index contributed by atoms with van der Waals surface area (Å²) in [7, 11) is 0. The van der Waals surface area contributed by atoms with Crippen LogP contribution in [-0.2, 0) is 6.54 Å². The fraction of sp³-hybridized carbons (Fsp3) is 0.455. The number of nitrogens with two attached hydrogens (primary N) is 1. The summed E-state index contributed by atoms with van der Waals surface area (Å²) < 4.78 is 0. The third-order valence-corrected chi connectivity index (χ3v) is 3.18. The molecule has 0 aliphatic carbocycles. The molecule has 0 radical (unpaired) electrons. The van der Waals surface area contributed by atoms with Gasteiger partial charge in [-0.05, 0) is 18.6 Å². The molecule has 0 spiro atoms. The Labute approximate surface area is 104 Å². The Morgan fingerprint density at radius 3 is 2.94 bits per heavy atom. The van der Waals surface area contributed by atoms with Gasteiger partial charge in [-0.3, -0.25) is 15.0 Å². The zero-order chi connectivity index (χ0) is 12.4. The molecule has 0 bridgehead atoms. The molecule has 1 aromatic rings. The zero-order valence-electron chi connectivity index (χ0n) is 9.30. The average Bonchev–Trinajstić information content (AvgIpc) is 2.63. The number of hydrogen-bond acceptors (Lipinski definition) is 4. The fourth-order valence-electron chi connectivity index (χ4n) is 2.11. The van der Waals surface area contributed by atoms with Crippen LogP contribution in [0.1, 0.15) is 12.0 Å². The Balaban J connectivity index is 2.19. The second-order valence-electron chi connectivity index (χ2n) is 4.31. The summed E-state index contributed by atoms with van der Waals surface area (Å²) in [6.45, 7) is 2.19. The lowest BCUT2D eigenvalue weighted by Crippen LogP contribution is -2.26. The second-order valence-corrected chi connectivity index (χ2v) is 4.75. The number of likely N-dealkylation sites (tertiary alicyclic amines) is 1. The van der Waals surface area contributed by atoms with Crippen molar-refractivity contribution in [2.24, 2.45) is 5.73 Å². The quantitative estimate of drug-likeness (QED) is 0.660. The van der Waals surface area contributed by atoms with Gasteiger partial charge in [-0.2, -0.15) is 0 Å². The molecule has 5 nitrogen and oxygen atoms in total. The summed E-state index contributed by atoms with van der Waals surface area (Å²) in [4.78, 5) is 12.6. The first-order valence-electron chi connectivity index (χ1n) is 5.47. The predicted octanol–water partition coefficient (Wildman–Crippen LogP) is 1.78. The Hall–Kier alpha value is -1.17. The van der Waals surface area contributed by atoms with E-state index in [0.717, 1.165) is 19.5 Å². The van der Waals surface area contributed by atoms with Crippen molar-refractivity contribution in [3.63, 3.8) is 0 Å². The van der Waals surface area contributed by atoms with Crippen LogP contribution in [0.3, 0.4) is 0 Å². The van der Waals surface area contributed by atoms with Crippen molar-refractivity contribution in [3.05, 3.63) is 38.9 Å². The largest absolute Gasteiger partial charge is 0.326 e. The third-order valence-electron chi connectivity index (χ3n) is 2.94. The van der Waals surface area contributed by atoms with E-state index < -0.39 is 0 Å². The summed E-state index contributed by atoms with van der Waals surface area (Å²) in [6, 6.07) is 4.82. The summed E-state index contributed by atoms with van der Waals surface area (Å²) in [6.07, 6.45) is 0.939. The normalized spacial score (nSPS) is 20.7. The van der Waals surface area contributed by atoms with Crippen molar-refractivity contribution < 1.29 is 4.92 Å². The van der Waals surface area contributed by atoms with Gasteiger partial charge in [-0.1, -0.05) is 11.6 Å². The van der Waals surface area contributed by atoms with Crippen LogP contribution < -0.4 is 5.73 Å². The third kappa shape index (κ3) is 2.94. The molecule has 2 N–H and O–H groups in total. The van der Waals surface area contributed by atoms with Crippen LogP contribution in [0.25, 0.3) is 0 Å². The molecule has 1 aliphatic rings. The van der Waals surface area contributed by atoms with Crippen LogP contribution in [-0.4, -0.2) is 29.0 Å². The van der Waals surface area contributed by atoms with Crippen LogP contribution in [0.5, 0.6) is 0 Å². The molecule has 92 valence electrons. The van der Waals surface area contributed by atoms with E-state index in [-0.39, 0.29) is 16.7 Å². The summed E-state index contributed by atoms with van der Waals surface area (Å²) in [5, 5.41) is 11.4. The van der Waals surface area contributed by atoms with Gasteiger partial charge in [0.25, 0.3) is 5.69 Å². The number of nitro groups is 1. The van der Waals surface area contributed by atoms with Gasteiger partial charge in [0.05, 0.1) is 4.92 Å². The minimum atomic E-state index is -0.373. The molecule has 0 amide bonds. The smallest absolute Gasteiger partial charge is 0.273 e. The van der Waals surface area contributed by atoms with E-state index in [9.17, 15) is 10.1 Å². The van der Waals surface area contributed by atoms with Gasteiger partial charge in [0.1, 0.15) is 0 Å². The maximum absolute atomic E-state index is 10.9. The van der Waals surface area contributed by atoms with Crippen molar-refractivity contribution in [2.45, 2.75) is 19.0 Å². The van der Waals surface area contributed by atoms with Gasteiger partial charge >= 0.3 is 0 Å². The van der Waals surface area contributed by atoms with Gasteiger partial charge in [0.2, 0.25) is 0 Å². The second kappa shape index (κ2) is 5.00. The molecule has 17 heavy (non-hydrogen) atoms. The molecule has 1 aromatic carbocycles. The fourth-order valence-corrected chi connectivity index (χ4v) is 2.30. The first-order chi connectivity index (χ1) is 8.06. The van der Waals surface area contributed by atoms with Crippen molar-refractivity contribution in [1.82, 2.24) is 4.90 Å². The van der Waals surface area contributed by atoms with E-state index in [0.29, 0.717) is 17.1 Å². The van der Waals surface area contributed by atoms with E-state index in [1.54, 1.807) is 12.1 Å². The highest BCUT2D eigenvalue weighted by Gasteiger charge is 2.22. The highest BCUT2D eigenvalue weighted by Crippen LogP contribution is 2.25. The predicted molar refractivity (Wildman–Crippen MR) is 66.0 cm³/mol. The van der Waals surface area contributed by atoms with E-state index in [4.69, 9.17) is 17.3 Å². The van der Waals surface area contributed by atoms with Gasteiger partial charge in [-0.25, -0.2) is 0 Å². The molecule has 1 saturated heterocycles. The molecule has 1 atom stereocenters. The van der Waals surface area contributed by atoms with Gasteiger partial charge < -0.3 is 5.73 Å². The van der Waals surface area contributed by atoms with Crippen LogP contribution >= 0.6 is 11.6 Å². The molecule has 6 heteroatoms. The topological polar surface area (TPSA) is 72.4 Å². The van der Waals surface area contributed by atoms with Crippen LogP contribution in [0, 0.1) is 10.1 Å². The number of nitrogens with zero attached hydrogens (tertiary/aromatic N) is 2. The Morgan fingerprint density at radius 1 is 1.59 bits per heavy atom. The summed E-state index contributed by atoms with van der Waals surface area (Å²) in [5.74, 6) is 0. The summed E-state index contributed by atoms with van der Waals surface area (Å²) in [5.41, 5.74) is 6.57. The van der Waals surface area contributed by atoms with E-state index >= 15 is 0 Å². The highest BCUT2D eigenvalue weighted by molar-refractivity contribution is 6.30. The average molecular weight is 256 g/mol. The standard InChI is InChI=1S/C11H14ClN3O2/c12-9-1-2-11(15(16)17)8(5-9)6-14-4-3-10(13)7-14/h1-2,5,10H,3-4,6-7,13H2. The van der Waals surface area contributed by atoms with E-state index in [2.05, 4.69) is 4.90 Å². The van der Waals surface area contributed by atoms with Crippen LogP contribution in [0.4, 0.5) is 5.69 Å². The highest BCUT2D eigenvalue weighted by atomic mass is 35.5. The van der Waals surface area contributed by atoms with E-state index in [1.807, 2.05) is 0 Å². The van der Waals surface area contributed by atoms with E-state index in [1.165, 1.54) is 6.07 Å². The maximum atomic E-state index is 10.9. The van der Waals surface area contributed by atoms with Crippen molar-refractivity contribution in [3.8, 4) is 0 Å². The number of rotatable bonds is 3. The van der Waals surface area contributed by atoms with Crippen molar-refractivity contribution >= 4 is 17.3 Å². The molecule has 1 heterocycles.